The monoisotopic (exact) mass is 461 g/mol. The van der Waals surface area contributed by atoms with E-state index in [2.05, 4.69) is 10.3 Å². The molecule has 1 saturated heterocycles. The highest BCUT2D eigenvalue weighted by molar-refractivity contribution is 6.30. The second kappa shape index (κ2) is 9.82. The molecular formula is C26H24FN3O4. The van der Waals surface area contributed by atoms with Crippen molar-refractivity contribution in [2.24, 2.45) is 5.41 Å². The molecule has 1 N–H and O–H groups in total. The van der Waals surface area contributed by atoms with E-state index in [-0.39, 0.29) is 18.5 Å². The fraction of sp³-hybridized carbons (Fsp3) is 0.231. The molecule has 2 heterocycles. The van der Waals surface area contributed by atoms with Crippen molar-refractivity contribution in [3.8, 4) is 5.75 Å². The minimum absolute atomic E-state index is 0.0351. The molecule has 8 heteroatoms. The number of halogens is 1. The van der Waals surface area contributed by atoms with Gasteiger partial charge in [-0.05, 0) is 73.7 Å². The summed E-state index contributed by atoms with van der Waals surface area (Å²) in [6.45, 7) is 2.39. The number of rotatable bonds is 8. The van der Waals surface area contributed by atoms with Crippen molar-refractivity contribution < 1.29 is 23.5 Å². The van der Waals surface area contributed by atoms with Crippen LogP contribution in [0.1, 0.15) is 24.5 Å². The van der Waals surface area contributed by atoms with E-state index in [1.54, 1.807) is 48.8 Å². The molecule has 4 amide bonds. The predicted molar refractivity (Wildman–Crippen MR) is 124 cm³/mol. The fourth-order valence-corrected chi connectivity index (χ4v) is 4.12. The highest BCUT2D eigenvalue weighted by Gasteiger charge is 2.54. The first-order valence-corrected chi connectivity index (χ1v) is 11.0. The van der Waals surface area contributed by atoms with E-state index < -0.39 is 29.1 Å². The first-order valence-electron chi connectivity index (χ1n) is 11.0. The molecule has 7 nitrogen and oxygen atoms in total. The van der Waals surface area contributed by atoms with Crippen LogP contribution in [0.2, 0.25) is 0 Å². The average Bonchev–Trinajstić information content (AvgIpc) is 2.84. The Balaban J connectivity index is 1.74. The van der Waals surface area contributed by atoms with Crippen molar-refractivity contribution in [2.75, 3.05) is 11.5 Å². The first kappa shape index (κ1) is 23.1. The SMILES string of the molecule is CCOc1ccc(CC2(CCc3ccncc3)C(=O)NC(=O)N(c3ccccc3F)C2=O)cc1. The van der Waals surface area contributed by atoms with Gasteiger partial charge < -0.3 is 4.74 Å². The number of carbonyl (C=O) groups is 3. The van der Waals surface area contributed by atoms with E-state index in [9.17, 15) is 18.8 Å². The summed E-state index contributed by atoms with van der Waals surface area (Å²) in [5, 5.41) is 2.29. The Morgan fingerprint density at radius 2 is 1.68 bits per heavy atom. The number of amides is 4. The second-order valence-corrected chi connectivity index (χ2v) is 8.04. The molecule has 1 aliphatic rings. The maximum absolute atomic E-state index is 14.6. The van der Waals surface area contributed by atoms with Gasteiger partial charge in [0.15, 0.2) is 0 Å². The molecule has 1 atom stereocenters. The number of imide groups is 2. The number of hydrogen-bond donors (Lipinski definition) is 1. The molecule has 1 unspecified atom stereocenters. The molecule has 1 aliphatic heterocycles. The Hall–Kier alpha value is -4.07. The summed E-state index contributed by atoms with van der Waals surface area (Å²) in [6.07, 6.45) is 3.80. The van der Waals surface area contributed by atoms with Gasteiger partial charge in [-0.3, -0.25) is 19.9 Å². The normalized spacial score (nSPS) is 18.1. The molecule has 0 saturated carbocycles. The van der Waals surface area contributed by atoms with Crippen molar-refractivity contribution in [2.45, 2.75) is 26.2 Å². The highest BCUT2D eigenvalue weighted by Crippen LogP contribution is 2.37. The predicted octanol–water partition coefficient (Wildman–Crippen LogP) is 4.06. The number of para-hydroxylation sites is 1. The van der Waals surface area contributed by atoms with Crippen molar-refractivity contribution in [1.29, 1.82) is 0 Å². The molecule has 0 aliphatic carbocycles. The van der Waals surface area contributed by atoms with Crippen molar-refractivity contribution >= 4 is 23.5 Å². The molecule has 174 valence electrons. The van der Waals surface area contributed by atoms with Gasteiger partial charge >= 0.3 is 6.03 Å². The van der Waals surface area contributed by atoms with Gasteiger partial charge in [0.2, 0.25) is 5.91 Å². The number of aryl methyl sites for hydroxylation is 1. The third kappa shape index (κ3) is 4.52. The van der Waals surface area contributed by atoms with E-state index in [0.717, 1.165) is 16.5 Å². The number of hydrogen-bond acceptors (Lipinski definition) is 5. The van der Waals surface area contributed by atoms with E-state index in [0.29, 0.717) is 24.3 Å². The van der Waals surface area contributed by atoms with Gasteiger partial charge in [0, 0.05) is 12.4 Å². The molecule has 0 bridgehead atoms. The number of carbonyl (C=O) groups excluding carboxylic acids is 3. The van der Waals surface area contributed by atoms with E-state index in [1.165, 1.54) is 18.2 Å². The minimum Gasteiger partial charge on any atom is -0.494 e. The Morgan fingerprint density at radius 1 is 0.971 bits per heavy atom. The molecule has 3 aromatic rings. The summed E-state index contributed by atoms with van der Waals surface area (Å²) in [6, 6.07) is 15.2. The van der Waals surface area contributed by atoms with Crippen LogP contribution in [-0.2, 0) is 22.4 Å². The summed E-state index contributed by atoms with van der Waals surface area (Å²) < 4.78 is 20.1. The van der Waals surface area contributed by atoms with Crippen LogP contribution >= 0.6 is 0 Å². The molecule has 34 heavy (non-hydrogen) atoms. The topological polar surface area (TPSA) is 88.6 Å². The van der Waals surface area contributed by atoms with Crippen LogP contribution in [0, 0.1) is 11.2 Å². The number of ether oxygens (including phenoxy) is 1. The van der Waals surface area contributed by atoms with Crippen LogP contribution in [0.4, 0.5) is 14.9 Å². The van der Waals surface area contributed by atoms with Gasteiger partial charge in [0.25, 0.3) is 5.91 Å². The minimum atomic E-state index is -1.62. The lowest BCUT2D eigenvalue weighted by Gasteiger charge is -2.39. The Labute approximate surface area is 196 Å². The zero-order valence-corrected chi connectivity index (χ0v) is 18.7. The van der Waals surface area contributed by atoms with Gasteiger partial charge in [-0.2, -0.15) is 0 Å². The largest absolute Gasteiger partial charge is 0.494 e. The average molecular weight is 461 g/mol. The molecule has 0 spiro atoms. The standard InChI is InChI=1S/C26H24FN3O4/c1-2-34-20-9-7-19(8-10-20)17-26(14-11-18-12-15-28-16-13-18)23(31)29-25(33)30(24(26)32)22-6-4-3-5-21(22)27/h3-10,12-13,15-16H,2,11,14,17H2,1H3,(H,29,31,33). The summed E-state index contributed by atoms with van der Waals surface area (Å²) in [4.78, 5) is 44.6. The van der Waals surface area contributed by atoms with Gasteiger partial charge in [-0.15, -0.1) is 0 Å². The number of barbiturate groups is 1. The molecule has 2 aromatic carbocycles. The van der Waals surface area contributed by atoms with Gasteiger partial charge in [-0.1, -0.05) is 24.3 Å². The summed E-state index contributed by atoms with van der Waals surface area (Å²) in [7, 11) is 0. The maximum Gasteiger partial charge on any atom is 0.335 e. The van der Waals surface area contributed by atoms with Crippen LogP contribution in [0.5, 0.6) is 5.75 Å². The number of anilines is 1. The number of nitrogens with one attached hydrogen (secondary N) is 1. The van der Waals surface area contributed by atoms with Gasteiger partial charge in [-0.25, -0.2) is 14.1 Å². The van der Waals surface area contributed by atoms with Gasteiger partial charge in [0.05, 0.1) is 12.3 Å². The lowest BCUT2D eigenvalue weighted by atomic mass is 9.73. The number of urea groups is 1. The molecular weight excluding hydrogens is 437 g/mol. The third-order valence-corrected chi connectivity index (χ3v) is 5.89. The van der Waals surface area contributed by atoms with E-state index in [1.807, 2.05) is 6.92 Å². The Morgan fingerprint density at radius 3 is 2.35 bits per heavy atom. The lowest BCUT2D eigenvalue weighted by molar-refractivity contribution is -0.143. The van der Waals surface area contributed by atoms with Crippen molar-refractivity contribution in [3.05, 3.63) is 90.0 Å². The van der Waals surface area contributed by atoms with Crippen LogP contribution in [0.25, 0.3) is 0 Å². The zero-order valence-electron chi connectivity index (χ0n) is 18.7. The Kier molecular flexibility index (Phi) is 6.67. The number of aromatic nitrogens is 1. The van der Waals surface area contributed by atoms with Crippen LogP contribution < -0.4 is 15.0 Å². The van der Waals surface area contributed by atoms with Crippen LogP contribution in [-0.4, -0.2) is 29.4 Å². The third-order valence-electron chi connectivity index (χ3n) is 5.89. The quantitative estimate of drug-likeness (QED) is 0.511. The zero-order chi connectivity index (χ0) is 24.1. The summed E-state index contributed by atoms with van der Waals surface area (Å²) in [5.74, 6) is -1.52. The second-order valence-electron chi connectivity index (χ2n) is 8.04. The molecule has 1 fully saturated rings. The van der Waals surface area contributed by atoms with Crippen molar-refractivity contribution in [1.82, 2.24) is 10.3 Å². The molecule has 1 aromatic heterocycles. The number of nitrogens with zero attached hydrogens (tertiary/aromatic N) is 2. The lowest BCUT2D eigenvalue weighted by Crippen LogP contribution is -2.65. The number of pyridine rings is 1. The maximum atomic E-state index is 14.6. The Bertz CT molecular complexity index is 1200. The first-order chi connectivity index (χ1) is 16.4. The summed E-state index contributed by atoms with van der Waals surface area (Å²) in [5.41, 5.74) is -0.218. The fourth-order valence-electron chi connectivity index (χ4n) is 4.12. The van der Waals surface area contributed by atoms with Gasteiger partial charge in [0.1, 0.15) is 17.0 Å². The van der Waals surface area contributed by atoms with E-state index in [4.69, 9.17) is 4.74 Å². The van der Waals surface area contributed by atoms with Crippen LogP contribution in [0.3, 0.4) is 0 Å². The molecule has 4 rings (SSSR count). The number of benzene rings is 2. The molecule has 0 radical (unpaired) electrons. The smallest absolute Gasteiger partial charge is 0.335 e. The van der Waals surface area contributed by atoms with Crippen molar-refractivity contribution in [3.63, 3.8) is 0 Å². The summed E-state index contributed by atoms with van der Waals surface area (Å²) >= 11 is 0. The van der Waals surface area contributed by atoms with Crippen LogP contribution in [0.15, 0.2) is 73.1 Å². The van der Waals surface area contributed by atoms with E-state index >= 15 is 0 Å². The highest BCUT2D eigenvalue weighted by atomic mass is 19.1.